The molecular formula is C17H21NO. The fourth-order valence-electron chi connectivity index (χ4n) is 2.52. The lowest BCUT2D eigenvalue weighted by Gasteiger charge is -2.25. The van der Waals surface area contributed by atoms with Crippen LogP contribution in [0.5, 0.6) is 0 Å². The van der Waals surface area contributed by atoms with E-state index in [1.165, 1.54) is 5.39 Å². The Bertz CT molecular complexity index is 572. The molecule has 0 saturated carbocycles. The maximum absolute atomic E-state index is 12.5. The van der Waals surface area contributed by atoms with Gasteiger partial charge < -0.3 is 0 Å². The molecule has 2 aromatic carbocycles. The molecule has 2 nitrogen and oxygen atoms in total. The SMILES string of the molecule is CCN(CC)[C@@H](C)C(=O)c1ccc2ccccc2c1. The van der Waals surface area contributed by atoms with Crippen LogP contribution in [0.15, 0.2) is 42.5 Å². The van der Waals surface area contributed by atoms with Crippen molar-refractivity contribution in [2.24, 2.45) is 0 Å². The number of rotatable bonds is 5. The highest BCUT2D eigenvalue weighted by molar-refractivity contribution is 6.02. The monoisotopic (exact) mass is 255 g/mol. The van der Waals surface area contributed by atoms with Gasteiger partial charge in [0.05, 0.1) is 6.04 Å². The first-order valence-corrected chi connectivity index (χ1v) is 6.94. The molecule has 0 aliphatic heterocycles. The lowest BCUT2D eigenvalue weighted by Crippen LogP contribution is -2.38. The molecule has 2 rings (SSSR count). The normalized spacial score (nSPS) is 12.8. The number of fused-ring (bicyclic) bond motifs is 1. The third-order valence-corrected chi connectivity index (χ3v) is 3.77. The van der Waals surface area contributed by atoms with Gasteiger partial charge in [0.1, 0.15) is 0 Å². The van der Waals surface area contributed by atoms with E-state index in [2.05, 4.69) is 24.8 Å². The van der Waals surface area contributed by atoms with E-state index in [0.717, 1.165) is 24.0 Å². The van der Waals surface area contributed by atoms with Crippen molar-refractivity contribution in [1.29, 1.82) is 0 Å². The largest absolute Gasteiger partial charge is 0.294 e. The van der Waals surface area contributed by atoms with Crippen LogP contribution in [0.1, 0.15) is 31.1 Å². The van der Waals surface area contributed by atoms with Gasteiger partial charge in [0.2, 0.25) is 0 Å². The van der Waals surface area contributed by atoms with E-state index < -0.39 is 0 Å². The van der Waals surface area contributed by atoms with E-state index in [0.29, 0.717) is 0 Å². The number of nitrogens with zero attached hydrogens (tertiary/aromatic N) is 1. The molecule has 100 valence electrons. The Morgan fingerprint density at radius 1 is 1.05 bits per heavy atom. The molecule has 0 bridgehead atoms. The number of ketones is 1. The summed E-state index contributed by atoms with van der Waals surface area (Å²) >= 11 is 0. The first-order chi connectivity index (χ1) is 9.17. The minimum Gasteiger partial charge on any atom is -0.294 e. The Labute approximate surface area is 115 Å². The molecule has 0 aliphatic carbocycles. The van der Waals surface area contributed by atoms with Crippen LogP contribution in [0.3, 0.4) is 0 Å². The van der Waals surface area contributed by atoms with Crippen molar-refractivity contribution in [3.05, 3.63) is 48.0 Å². The molecule has 0 spiro atoms. The van der Waals surface area contributed by atoms with Gasteiger partial charge in [-0.15, -0.1) is 0 Å². The van der Waals surface area contributed by atoms with Crippen molar-refractivity contribution in [1.82, 2.24) is 4.90 Å². The number of likely N-dealkylation sites (N-methyl/N-ethyl adjacent to an activating group) is 1. The molecule has 0 amide bonds. The summed E-state index contributed by atoms with van der Waals surface area (Å²) in [6, 6.07) is 14.0. The molecule has 0 unspecified atom stereocenters. The molecular weight excluding hydrogens is 234 g/mol. The van der Waals surface area contributed by atoms with Gasteiger partial charge >= 0.3 is 0 Å². The van der Waals surface area contributed by atoms with Crippen LogP contribution in [0.2, 0.25) is 0 Å². The van der Waals surface area contributed by atoms with E-state index in [4.69, 9.17) is 0 Å². The molecule has 0 fully saturated rings. The minimum atomic E-state index is -0.0591. The quantitative estimate of drug-likeness (QED) is 0.758. The Morgan fingerprint density at radius 3 is 2.32 bits per heavy atom. The number of hydrogen-bond donors (Lipinski definition) is 0. The Hall–Kier alpha value is -1.67. The van der Waals surface area contributed by atoms with E-state index in [1.54, 1.807) is 0 Å². The number of carbonyl (C=O) groups excluding carboxylic acids is 1. The number of Topliss-reactive ketones (excluding diaryl/α,β-unsaturated/α-hetero) is 1. The van der Waals surface area contributed by atoms with Gasteiger partial charge in [0.25, 0.3) is 0 Å². The Balaban J connectivity index is 2.30. The van der Waals surface area contributed by atoms with Crippen molar-refractivity contribution < 1.29 is 4.79 Å². The minimum absolute atomic E-state index is 0.0591. The van der Waals surface area contributed by atoms with E-state index in [1.807, 2.05) is 43.3 Å². The molecule has 0 N–H and O–H groups in total. The van der Waals surface area contributed by atoms with Crippen LogP contribution in [0, 0.1) is 0 Å². The zero-order valence-electron chi connectivity index (χ0n) is 11.9. The lowest BCUT2D eigenvalue weighted by molar-refractivity contribution is 0.0851. The zero-order valence-corrected chi connectivity index (χ0v) is 11.9. The molecule has 0 heterocycles. The second kappa shape index (κ2) is 5.98. The van der Waals surface area contributed by atoms with Gasteiger partial charge in [0, 0.05) is 5.56 Å². The highest BCUT2D eigenvalue weighted by Gasteiger charge is 2.20. The van der Waals surface area contributed by atoms with E-state index in [-0.39, 0.29) is 11.8 Å². The summed E-state index contributed by atoms with van der Waals surface area (Å²) in [4.78, 5) is 14.7. The summed E-state index contributed by atoms with van der Waals surface area (Å²) in [5, 5.41) is 2.30. The third-order valence-electron chi connectivity index (χ3n) is 3.77. The standard InChI is InChI=1S/C17H21NO/c1-4-18(5-2)13(3)17(19)16-11-10-14-8-6-7-9-15(14)12-16/h6-13H,4-5H2,1-3H3/t13-/m0/s1. The molecule has 2 aromatic rings. The molecule has 19 heavy (non-hydrogen) atoms. The lowest BCUT2D eigenvalue weighted by atomic mass is 10.0. The molecule has 0 aromatic heterocycles. The number of hydrogen-bond acceptors (Lipinski definition) is 2. The predicted molar refractivity (Wildman–Crippen MR) is 80.7 cm³/mol. The van der Waals surface area contributed by atoms with E-state index >= 15 is 0 Å². The molecule has 0 aliphatic rings. The summed E-state index contributed by atoms with van der Waals surface area (Å²) in [6.45, 7) is 7.97. The average molecular weight is 255 g/mol. The summed E-state index contributed by atoms with van der Waals surface area (Å²) in [6.07, 6.45) is 0. The molecule has 0 saturated heterocycles. The van der Waals surface area contributed by atoms with E-state index in [9.17, 15) is 4.79 Å². The van der Waals surface area contributed by atoms with Crippen LogP contribution in [-0.2, 0) is 0 Å². The molecule has 0 radical (unpaired) electrons. The maximum Gasteiger partial charge on any atom is 0.179 e. The van der Waals surface area contributed by atoms with Crippen molar-refractivity contribution in [3.8, 4) is 0 Å². The zero-order chi connectivity index (χ0) is 13.8. The second-order valence-electron chi connectivity index (χ2n) is 4.82. The van der Waals surface area contributed by atoms with Crippen molar-refractivity contribution in [2.75, 3.05) is 13.1 Å². The summed E-state index contributed by atoms with van der Waals surface area (Å²) in [5.41, 5.74) is 0.804. The summed E-state index contributed by atoms with van der Waals surface area (Å²) in [5.74, 6) is 0.203. The first-order valence-electron chi connectivity index (χ1n) is 6.94. The van der Waals surface area contributed by atoms with Crippen LogP contribution < -0.4 is 0 Å². The molecule has 2 heteroatoms. The van der Waals surface area contributed by atoms with Gasteiger partial charge in [-0.25, -0.2) is 0 Å². The number of carbonyl (C=O) groups is 1. The van der Waals surface area contributed by atoms with Crippen LogP contribution >= 0.6 is 0 Å². The highest BCUT2D eigenvalue weighted by Crippen LogP contribution is 2.17. The van der Waals surface area contributed by atoms with Gasteiger partial charge in [-0.05, 0) is 36.9 Å². The average Bonchev–Trinajstić information content (AvgIpc) is 2.47. The van der Waals surface area contributed by atoms with Crippen molar-refractivity contribution in [2.45, 2.75) is 26.8 Å². The molecule has 1 atom stereocenters. The smallest absolute Gasteiger partial charge is 0.179 e. The van der Waals surface area contributed by atoms with Gasteiger partial charge in [-0.2, -0.15) is 0 Å². The topological polar surface area (TPSA) is 20.3 Å². The van der Waals surface area contributed by atoms with Crippen molar-refractivity contribution in [3.63, 3.8) is 0 Å². The van der Waals surface area contributed by atoms with Crippen molar-refractivity contribution >= 4 is 16.6 Å². The van der Waals surface area contributed by atoms with Crippen LogP contribution in [0.4, 0.5) is 0 Å². The Kier molecular flexibility index (Phi) is 4.33. The summed E-state index contributed by atoms with van der Waals surface area (Å²) in [7, 11) is 0. The predicted octanol–water partition coefficient (Wildman–Crippen LogP) is 3.75. The number of benzene rings is 2. The fourth-order valence-corrected chi connectivity index (χ4v) is 2.52. The van der Waals surface area contributed by atoms with Crippen LogP contribution in [0.25, 0.3) is 10.8 Å². The van der Waals surface area contributed by atoms with Gasteiger partial charge in [0.15, 0.2) is 5.78 Å². The summed E-state index contributed by atoms with van der Waals surface area (Å²) < 4.78 is 0. The van der Waals surface area contributed by atoms with Gasteiger partial charge in [-0.3, -0.25) is 9.69 Å². The fraction of sp³-hybridized carbons (Fsp3) is 0.353. The Morgan fingerprint density at radius 2 is 1.68 bits per heavy atom. The highest BCUT2D eigenvalue weighted by atomic mass is 16.1. The van der Waals surface area contributed by atoms with Gasteiger partial charge in [-0.1, -0.05) is 50.2 Å². The first kappa shape index (κ1) is 13.8. The second-order valence-corrected chi connectivity index (χ2v) is 4.82. The maximum atomic E-state index is 12.5. The third kappa shape index (κ3) is 2.85. The van der Waals surface area contributed by atoms with Crippen LogP contribution in [-0.4, -0.2) is 29.8 Å².